The molecule has 2 heterocycles. The number of Topliss-reactive ketones (excluding diaryl/α,β-unsaturated/α-hetero) is 1. The van der Waals surface area contributed by atoms with Crippen molar-refractivity contribution in [2.75, 3.05) is 18.1 Å². The van der Waals surface area contributed by atoms with E-state index >= 15 is 0 Å². The molecule has 2 aliphatic rings. The smallest absolute Gasteiger partial charge is 0.338 e. The lowest BCUT2D eigenvalue weighted by Crippen LogP contribution is -2.46. The van der Waals surface area contributed by atoms with Gasteiger partial charge in [-0.3, -0.25) is 14.5 Å². The zero-order chi connectivity index (χ0) is 29.3. The predicted molar refractivity (Wildman–Crippen MR) is 155 cm³/mol. The SMILES string of the molecule is CCOC(=O)C1=C(N)N(c2cccc(F)c2)C2=C(C(=O)[C@@H](C(=O)OCC)[C@@H](c3cccs3)C2)[C@@H]1c1cccc(Cl)c1. The molecule has 0 saturated heterocycles. The Hall–Kier alpha value is -3.95. The van der Waals surface area contributed by atoms with Crippen molar-refractivity contribution < 1.29 is 28.2 Å². The fraction of sp³-hybridized carbons (Fsp3) is 0.258. The highest BCUT2D eigenvalue weighted by Gasteiger charge is 2.51. The number of nitrogens with zero attached hydrogens (tertiary/aromatic N) is 1. The Kier molecular flexibility index (Phi) is 8.28. The maximum absolute atomic E-state index is 14.6. The number of ether oxygens (including phenoxy) is 2. The first-order valence-electron chi connectivity index (χ1n) is 13.2. The Morgan fingerprint density at radius 1 is 1.07 bits per heavy atom. The molecular formula is C31H28ClFN2O5S. The van der Waals surface area contributed by atoms with Gasteiger partial charge in [0.2, 0.25) is 0 Å². The van der Waals surface area contributed by atoms with Gasteiger partial charge in [-0.15, -0.1) is 11.3 Å². The van der Waals surface area contributed by atoms with E-state index in [0.717, 1.165) is 4.88 Å². The number of carbonyl (C=O) groups excluding carboxylic acids is 3. The topological polar surface area (TPSA) is 98.9 Å². The van der Waals surface area contributed by atoms with E-state index in [9.17, 15) is 18.8 Å². The standard InChI is InChI=1S/C31H28ClFN2O5S/c1-3-39-30(37)25-21(23-12-7-13-41-23)16-22-26(28(25)36)24(17-8-5-9-18(32)14-17)27(31(38)40-4-2)29(34)35(22)20-11-6-10-19(33)15-20/h5-15,21,24-25H,3-4,16,34H2,1-2H3/t21-,24+,25+/m1/s1. The Balaban J connectivity index is 1.82. The minimum Gasteiger partial charge on any atom is -0.465 e. The molecule has 5 rings (SSSR count). The lowest BCUT2D eigenvalue weighted by molar-refractivity contribution is -0.152. The van der Waals surface area contributed by atoms with Gasteiger partial charge < -0.3 is 15.2 Å². The molecule has 1 aliphatic heterocycles. The quantitative estimate of drug-likeness (QED) is 0.262. The Morgan fingerprint density at radius 2 is 1.83 bits per heavy atom. The third-order valence-electron chi connectivity index (χ3n) is 7.23. The van der Waals surface area contributed by atoms with E-state index in [1.54, 1.807) is 44.2 Å². The third kappa shape index (κ3) is 5.27. The molecule has 0 amide bonds. The van der Waals surface area contributed by atoms with Gasteiger partial charge in [0, 0.05) is 27.1 Å². The minimum absolute atomic E-state index is 0.00246. The highest BCUT2D eigenvalue weighted by Crippen LogP contribution is 2.52. The number of hydrogen-bond acceptors (Lipinski definition) is 8. The number of thiophene rings is 1. The van der Waals surface area contributed by atoms with Crippen LogP contribution in [0.15, 0.2) is 88.7 Å². The molecule has 1 aromatic heterocycles. The lowest BCUT2D eigenvalue weighted by atomic mass is 9.68. The van der Waals surface area contributed by atoms with Gasteiger partial charge in [-0.2, -0.15) is 0 Å². The number of anilines is 1. The number of ketones is 1. The number of nitrogens with two attached hydrogens (primary N) is 1. The normalized spacial score (nSPS) is 20.6. The molecule has 0 saturated carbocycles. The van der Waals surface area contributed by atoms with Crippen LogP contribution in [0.4, 0.5) is 10.1 Å². The molecular weight excluding hydrogens is 567 g/mol. The first-order chi connectivity index (χ1) is 19.8. The minimum atomic E-state index is -1.16. The van der Waals surface area contributed by atoms with Crippen LogP contribution in [0.1, 0.15) is 42.5 Å². The van der Waals surface area contributed by atoms with Crippen LogP contribution in [-0.2, 0) is 23.9 Å². The number of esters is 2. The van der Waals surface area contributed by atoms with Gasteiger partial charge in [0.25, 0.3) is 0 Å². The molecule has 7 nitrogen and oxygen atoms in total. The van der Waals surface area contributed by atoms with Crippen LogP contribution in [0.2, 0.25) is 5.02 Å². The van der Waals surface area contributed by atoms with E-state index in [1.807, 2.05) is 17.5 Å². The lowest BCUT2D eigenvalue weighted by Gasteiger charge is -2.43. The van der Waals surface area contributed by atoms with Crippen molar-refractivity contribution in [2.45, 2.75) is 32.1 Å². The number of rotatable bonds is 7. The van der Waals surface area contributed by atoms with Crippen LogP contribution < -0.4 is 10.6 Å². The fourth-order valence-electron chi connectivity index (χ4n) is 5.64. The van der Waals surface area contributed by atoms with Gasteiger partial charge >= 0.3 is 11.9 Å². The zero-order valence-corrected chi connectivity index (χ0v) is 24.0. The number of carbonyl (C=O) groups is 3. The fourth-order valence-corrected chi connectivity index (χ4v) is 6.70. The summed E-state index contributed by atoms with van der Waals surface area (Å²) in [5.74, 6) is -5.10. The van der Waals surface area contributed by atoms with E-state index in [2.05, 4.69) is 0 Å². The molecule has 10 heteroatoms. The maximum Gasteiger partial charge on any atom is 0.338 e. The molecule has 2 N–H and O–H groups in total. The van der Waals surface area contributed by atoms with Crippen molar-refractivity contribution in [1.29, 1.82) is 0 Å². The molecule has 3 aromatic rings. The van der Waals surface area contributed by atoms with Crippen LogP contribution in [0.3, 0.4) is 0 Å². The number of hydrogen-bond donors (Lipinski definition) is 1. The van der Waals surface area contributed by atoms with E-state index in [4.69, 9.17) is 26.8 Å². The summed E-state index contributed by atoms with van der Waals surface area (Å²) in [6.07, 6.45) is 0.204. The second kappa shape index (κ2) is 11.9. The van der Waals surface area contributed by atoms with Crippen molar-refractivity contribution in [2.24, 2.45) is 11.7 Å². The number of benzene rings is 2. The highest BCUT2D eigenvalue weighted by molar-refractivity contribution is 7.10. The first-order valence-corrected chi connectivity index (χ1v) is 14.5. The van der Waals surface area contributed by atoms with Crippen molar-refractivity contribution >= 4 is 46.3 Å². The van der Waals surface area contributed by atoms with Gasteiger partial charge in [-0.05, 0) is 67.6 Å². The summed E-state index contributed by atoms with van der Waals surface area (Å²) >= 11 is 7.79. The molecule has 1 aliphatic carbocycles. The highest BCUT2D eigenvalue weighted by atomic mass is 35.5. The monoisotopic (exact) mass is 594 g/mol. The Labute approximate surface area is 246 Å². The van der Waals surface area contributed by atoms with E-state index < -0.39 is 41.3 Å². The summed E-state index contributed by atoms with van der Waals surface area (Å²) in [7, 11) is 0. The molecule has 0 unspecified atom stereocenters. The van der Waals surface area contributed by atoms with Gasteiger partial charge in [-0.25, -0.2) is 9.18 Å². The van der Waals surface area contributed by atoms with Crippen LogP contribution in [0.5, 0.6) is 0 Å². The third-order valence-corrected chi connectivity index (χ3v) is 8.47. The maximum atomic E-state index is 14.6. The summed E-state index contributed by atoms with van der Waals surface area (Å²) in [5.41, 5.74) is 8.30. The summed E-state index contributed by atoms with van der Waals surface area (Å²) < 4.78 is 25.3. The van der Waals surface area contributed by atoms with E-state index in [0.29, 0.717) is 22.0 Å². The Morgan fingerprint density at radius 3 is 2.49 bits per heavy atom. The first kappa shape index (κ1) is 28.6. The van der Waals surface area contributed by atoms with Crippen LogP contribution in [-0.4, -0.2) is 30.9 Å². The molecule has 3 atom stereocenters. The van der Waals surface area contributed by atoms with E-state index in [1.165, 1.54) is 34.4 Å². The molecule has 212 valence electrons. The summed E-state index contributed by atoms with van der Waals surface area (Å²) in [6, 6.07) is 16.2. The zero-order valence-electron chi connectivity index (χ0n) is 22.4. The molecule has 0 fully saturated rings. The van der Waals surface area contributed by atoms with Crippen molar-refractivity contribution in [3.05, 3.63) is 110 Å². The average molecular weight is 595 g/mol. The summed E-state index contributed by atoms with van der Waals surface area (Å²) in [5, 5.41) is 2.26. The van der Waals surface area contributed by atoms with Gasteiger partial charge in [0.05, 0.1) is 30.4 Å². The summed E-state index contributed by atoms with van der Waals surface area (Å²) in [6.45, 7) is 3.50. The molecule has 2 aromatic carbocycles. The number of allylic oxidation sites excluding steroid dienone is 2. The molecule has 41 heavy (non-hydrogen) atoms. The van der Waals surface area contributed by atoms with Crippen LogP contribution in [0.25, 0.3) is 0 Å². The van der Waals surface area contributed by atoms with Gasteiger partial charge in [0.15, 0.2) is 5.78 Å². The second-order valence-electron chi connectivity index (χ2n) is 9.60. The van der Waals surface area contributed by atoms with Crippen molar-refractivity contribution in [3.63, 3.8) is 0 Å². The predicted octanol–water partition coefficient (Wildman–Crippen LogP) is 6.07. The largest absolute Gasteiger partial charge is 0.465 e. The van der Waals surface area contributed by atoms with Gasteiger partial charge in [-0.1, -0.05) is 35.9 Å². The van der Waals surface area contributed by atoms with Gasteiger partial charge in [0.1, 0.15) is 17.6 Å². The van der Waals surface area contributed by atoms with Crippen LogP contribution in [0, 0.1) is 11.7 Å². The number of halogens is 2. The van der Waals surface area contributed by atoms with Crippen LogP contribution >= 0.6 is 22.9 Å². The van der Waals surface area contributed by atoms with Crippen molar-refractivity contribution in [3.8, 4) is 0 Å². The van der Waals surface area contributed by atoms with Crippen molar-refractivity contribution in [1.82, 2.24) is 0 Å². The average Bonchev–Trinajstić information content (AvgIpc) is 3.47. The second-order valence-corrected chi connectivity index (χ2v) is 11.0. The molecule has 0 spiro atoms. The van der Waals surface area contributed by atoms with E-state index in [-0.39, 0.29) is 36.6 Å². The molecule has 0 radical (unpaired) electrons. The summed E-state index contributed by atoms with van der Waals surface area (Å²) in [4.78, 5) is 43.9. The molecule has 0 bridgehead atoms. The Bertz CT molecular complexity index is 1570.